The molecule has 3 aromatic rings. The normalized spacial score (nSPS) is 10.5. The largest absolute Gasteiger partial charge is 0.274 e. The van der Waals surface area contributed by atoms with Crippen LogP contribution in [0.25, 0.3) is 17.1 Å². The van der Waals surface area contributed by atoms with Crippen molar-refractivity contribution in [2.75, 3.05) is 5.75 Å². The fraction of sp³-hybridized carbons (Fsp3) is 0.167. The van der Waals surface area contributed by atoms with Crippen LogP contribution in [0.15, 0.2) is 47.9 Å². The van der Waals surface area contributed by atoms with Crippen molar-refractivity contribution in [2.45, 2.75) is 19.0 Å². The fourth-order valence-corrected chi connectivity index (χ4v) is 3.35. The van der Waals surface area contributed by atoms with E-state index in [2.05, 4.69) is 26.0 Å². The van der Waals surface area contributed by atoms with Crippen molar-refractivity contribution < 1.29 is 9.59 Å². The van der Waals surface area contributed by atoms with E-state index in [1.54, 1.807) is 12.4 Å². The molecule has 0 aliphatic heterocycles. The monoisotopic (exact) mass is 416 g/mol. The Bertz CT molecular complexity index is 1010. The number of thioether (sulfide) groups is 1. The summed E-state index contributed by atoms with van der Waals surface area (Å²) >= 11 is 7.50. The summed E-state index contributed by atoms with van der Waals surface area (Å²) in [6.45, 7) is 3.22. The molecular formula is C18H17ClN6O2S. The topological polar surface area (TPSA) is 102 Å². The third-order valence-corrected chi connectivity index (χ3v) is 5.10. The molecule has 8 nitrogen and oxygen atoms in total. The van der Waals surface area contributed by atoms with E-state index in [1.807, 2.05) is 41.8 Å². The molecule has 0 bridgehead atoms. The number of halogens is 1. The van der Waals surface area contributed by atoms with Crippen LogP contribution in [-0.2, 0) is 9.59 Å². The SMILES string of the molecule is CC(=O)NNC(=O)CSc1nnc(-c2ccncc2)n1-c1cccc(Cl)c1C. The van der Waals surface area contributed by atoms with E-state index in [1.165, 1.54) is 18.7 Å². The first-order chi connectivity index (χ1) is 13.5. The summed E-state index contributed by atoms with van der Waals surface area (Å²) in [6, 6.07) is 9.23. The van der Waals surface area contributed by atoms with Gasteiger partial charge in [-0.15, -0.1) is 10.2 Å². The lowest BCUT2D eigenvalue weighted by Crippen LogP contribution is -2.41. The Kier molecular flexibility index (Phi) is 6.27. The van der Waals surface area contributed by atoms with Crippen molar-refractivity contribution in [3.63, 3.8) is 0 Å². The number of rotatable bonds is 5. The van der Waals surface area contributed by atoms with E-state index in [4.69, 9.17) is 11.6 Å². The molecular weight excluding hydrogens is 400 g/mol. The molecule has 0 aliphatic carbocycles. The van der Waals surface area contributed by atoms with Gasteiger partial charge in [0.1, 0.15) is 0 Å². The molecule has 144 valence electrons. The zero-order valence-electron chi connectivity index (χ0n) is 15.1. The van der Waals surface area contributed by atoms with Gasteiger partial charge in [0.15, 0.2) is 11.0 Å². The molecule has 0 fully saturated rings. The summed E-state index contributed by atoms with van der Waals surface area (Å²) in [4.78, 5) is 26.9. The maximum absolute atomic E-state index is 11.9. The van der Waals surface area contributed by atoms with Crippen LogP contribution in [0.5, 0.6) is 0 Å². The quantitative estimate of drug-likeness (QED) is 0.489. The first-order valence-electron chi connectivity index (χ1n) is 8.27. The van der Waals surface area contributed by atoms with Gasteiger partial charge in [0.25, 0.3) is 0 Å². The van der Waals surface area contributed by atoms with Gasteiger partial charge in [-0.1, -0.05) is 29.4 Å². The zero-order chi connectivity index (χ0) is 20.1. The van der Waals surface area contributed by atoms with Crippen LogP contribution < -0.4 is 10.9 Å². The highest BCUT2D eigenvalue weighted by atomic mass is 35.5. The highest BCUT2D eigenvalue weighted by Crippen LogP contribution is 2.31. The number of nitrogens with zero attached hydrogens (tertiary/aromatic N) is 4. The summed E-state index contributed by atoms with van der Waals surface area (Å²) in [7, 11) is 0. The molecule has 0 atom stereocenters. The number of carbonyl (C=O) groups is 2. The van der Waals surface area contributed by atoms with Gasteiger partial charge in [-0.3, -0.25) is 30.0 Å². The Labute approximate surface area is 170 Å². The van der Waals surface area contributed by atoms with Crippen molar-refractivity contribution >= 4 is 35.2 Å². The highest BCUT2D eigenvalue weighted by molar-refractivity contribution is 7.99. The van der Waals surface area contributed by atoms with E-state index in [0.717, 1.165) is 16.8 Å². The van der Waals surface area contributed by atoms with E-state index in [0.29, 0.717) is 16.0 Å². The van der Waals surface area contributed by atoms with Crippen LogP contribution in [0.3, 0.4) is 0 Å². The van der Waals surface area contributed by atoms with Crippen molar-refractivity contribution in [3.8, 4) is 17.1 Å². The molecule has 10 heteroatoms. The lowest BCUT2D eigenvalue weighted by atomic mass is 10.2. The predicted octanol–water partition coefficient (Wildman–Crippen LogP) is 2.55. The van der Waals surface area contributed by atoms with Crippen LogP contribution in [0.4, 0.5) is 0 Å². The molecule has 2 amide bonds. The summed E-state index contributed by atoms with van der Waals surface area (Å²) in [5.41, 5.74) is 7.09. The van der Waals surface area contributed by atoms with Crippen LogP contribution >= 0.6 is 23.4 Å². The Morgan fingerprint density at radius 3 is 2.61 bits per heavy atom. The molecule has 3 rings (SSSR count). The maximum Gasteiger partial charge on any atom is 0.248 e. The van der Waals surface area contributed by atoms with Crippen molar-refractivity contribution in [1.82, 2.24) is 30.6 Å². The third-order valence-electron chi connectivity index (χ3n) is 3.76. The summed E-state index contributed by atoms with van der Waals surface area (Å²) < 4.78 is 1.85. The number of benzene rings is 1. The molecule has 2 heterocycles. The number of nitrogens with one attached hydrogen (secondary N) is 2. The second-order valence-electron chi connectivity index (χ2n) is 5.78. The second kappa shape index (κ2) is 8.85. The van der Waals surface area contributed by atoms with E-state index < -0.39 is 0 Å². The number of amides is 2. The molecule has 0 saturated heterocycles. The van der Waals surface area contributed by atoms with Gasteiger partial charge in [0.2, 0.25) is 11.8 Å². The fourth-order valence-electron chi connectivity index (χ4n) is 2.43. The Morgan fingerprint density at radius 2 is 1.89 bits per heavy atom. The van der Waals surface area contributed by atoms with Crippen molar-refractivity contribution in [2.24, 2.45) is 0 Å². The van der Waals surface area contributed by atoms with E-state index in [-0.39, 0.29) is 17.6 Å². The molecule has 0 aliphatic rings. The van der Waals surface area contributed by atoms with Crippen molar-refractivity contribution in [1.29, 1.82) is 0 Å². The molecule has 1 aromatic carbocycles. The smallest absolute Gasteiger partial charge is 0.248 e. The summed E-state index contributed by atoms with van der Waals surface area (Å²) in [5, 5.41) is 9.70. The van der Waals surface area contributed by atoms with Crippen LogP contribution in [-0.4, -0.2) is 37.3 Å². The molecule has 0 spiro atoms. The van der Waals surface area contributed by atoms with Gasteiger partial charge < -0.3 is 0 Å². The molecule has 0 radical (unpaired) electrons. The van der Waals surface area contributed by atoms with Gasteiger partial charge in [0, 0.05) is 29.9 Å². The molecule has 28 heavy (non-hydrogen) atoms. The minimum Gasteiger partial charge on any atom is -0.274 e. The van der Waals surface area contributed by atoms with Crippen LogP contribution in [0, 0.1) is 6.92 Å². The second-order valence-corrected chi connectivity index (χ2v) is 7.13. The number of aromatic nitrogens is 4. The standard InChI is InChI=1S/C18H17ClN6O2S/c1-11-14(19)4-3-5-15(11)25-17(13-6-8-20-9-7-13)23-24-18(25)28-10-16(27)22-21-12(2)26/h3-9H,10H2,1-2H3,(H,21,26)(H,22,27). The summed E-state index contributed by atoms with van der Waals surface area (Å²) in [5.74, 6) is -0.0504. The Morgan fingerprint density at radius 1 is 1.14 bits per heavy atom. The number of hydrazine groups is 1. The van der Waals surface area contributed by atoms with E-state index in [9.17, 15) is 9.59 Å². The lowest BCUT2D eigenvalue weighted by molar-refractivity contribution is -0.126. The van der Waals surface area contributed by atoms with Gasteiger partial charge >= 0.3 is 0 Å². The van der Waals surface area contributed by atoms with Crippen LogP contribution in [0.2, 0.25) is 5.02 Å². The number of pyridine rings is 1. The zero-order valence-corrected chi connectivity index (χ0v) is 16.7. The number of hydrogen-bond acceptors (Lipinski definition) is 6. The van der Waals surface area contributed by atoms with E-state index >= 15 is 0 Å². The minimum absolute atomic E-state index is 0.0500. The van der Waals surface area contributed by atoms with Crippen molar-refractivity contribution in [3.05, 3.63) is 53.3 Å². The first kappa shape index (κ1) is 19.8. The average molecular weight is 417 g/mol. The maximum atomic E-state index is 11.9. The first-order valence-corrected chi connectivity index (χ1v) is 9.63. The van der Waals surface area contributed by atoms with Gasteiger partial charge in [-0.2, -0.15) is 0 Å². The predicted molar refractivity (Wildman–Crippen MR) is 107 cm³/mol. The minimum atomic E-state index is -0.358. The number of hydrogen-bond donors (Lipinski definition) is 2. The summed E-state index contributed by atoms with van der Waals surface area (Å²) in [6.07, 6.45) is 3.35. The van der Waals surface area contributed by atoms with Gasteiger partial charge in [0.05, 0.1) is 11.4 Å². The molecule has 0 unspecified atom stereocenters. The van der Waals surface area contributed by atoms with Gasteiger partial charge in [-0.25, -0.2) is 0 Å². The average Bonchev–Trinajstić information content (AvgIpc) is 3.11. The third kappa shape index (κ3) is 4.49. The Hall–Kier alpha value is -2.91. The molecule has 0 saturated carbocycles. The number of carbonyl (C=O) groups excluding carboxylic acids is 2. The van der Waals surface area contributed by atoms with Crippen LogP contribution in [0.1, 0.15) is 12.5 Å². The highest BCUT2D eigenvalue weighted by Gasteiger charge is 2.19. The molecule has 2 N–H and O–H groups in total. The molecule has 2 aromatic heterocycles. The van der Waals surface area contributed by atoms with Gasteiger partial charge in [-0.05, 0) is 36.8 Å². The lowest BCUT2D eigenvalue weighted by Gasteiger charge is -2.13. The Balaban J connectivity index is 1.97.